The fraction of sp³-hybridized carbons (Fsp3) is 0.857. The van der Waals surface area contributed by atoms with E-state index in [0.29, 0.717) is 0 Å². The molecule has 0 aromatic heterocycles. The fourth-order valence-electron chi connectivity index (χ4n) is 0.464. The molecule has 0 saturated carbocycles. The molecule has 0 rings (SSSR count). The predicted octanol–water partition coefficient (Wildman–Crippen LogP) is -0.779. The summed E-state index contributed by atoms with van der Waals surface area (Å²) >= 11 is 0. The normalized spacial score (nSPS) is 14.3. The van der Waals surface area contributed by atoms with Crippen molar-refractivity contribution in [3.05, 3.63) is 0 Å². The van der Waals surface area contributed by atoms with Crippen LogP contribution in [-0.4, -0.2) is 29.2 Å². The summed E-state index contributed by atoms with van der Waals surface area (Å²) in [6.07, 6.45) is 0. The highest BCUT2D eigenvalue weighted by atomic mass is 16.3. The van der Waals surface area contributed by atoms with Gasteiger partial charge >= 0.3 is 0 Å². The van der Waals surface area contributed by atoms with Gasteiger partial charge in [0.1, 0.15) is 0 Å². The molecule has 0 aliphatic heterocycles. The van der Waals surface area contributed by atoms with Gasteiger partial charge in [-0.2, -0.15) is 0 Å². The van der Waals surface area contributed by atoms with Crippen molar-refractivity contribution in [2.24, 2.45) is 5.73 Å². The fourth-order valence-corrected chi connectivity index (χ4v) is 0.464. The van der Waals surface area contributed by atoms with Crippen LogP contribution in [0.3, 0.4) is 0 Å². The minimum absolute atomic E-state index is 0.230. The predicted molar refractivity (Wildman–Crippen MR) is 43.0 cm³/mol. The SMILES string of the molecule is CC(N)C(=O)NCC(C)(C)O. The second-order valence-electron chi connectivity index (χ2n) is 3.32. The molecule has 0 bridgehead atoms. The molecule has 1 unspecified atom stereocenters. The number of amides is 1. The Kier molecular flexibility index (Phi) is 3.48. The first-order valence-electron chi connectivity index (χ1n) is 3.58. The topological polar surface area (TPSA) is 75.4 Å². The van der Waals surface area contributed by atoms with Crippen LogP contribution in [0.15, 0.2) is 0 Å². The van der Waals surface area contributed by atoms with E-state index >= 15 is 0 Å². The maximum Gasteiger partial charge on any atom is 0.236 e. The van der Waals surface area contributed by atoms with Gasteiger partial charge in [-0.3, -0.25) is 4.79 Å². The zero-order valence-corrected chi connectivity index (χ0v) is 7.22. The van der Waals surface area contributed by atoms with Crippen LogP contribution in [0.5, 0.6) is 0 Å². The number of hydrogen-bond acceptors (Lipinski definition) is 3. The molecule has 0 aromatic rings. The molecule has 0 saturated heterocycles. The van der Waals surface area contributed by atoms with Gasteiger partial charge in [0, 0.05) is 6.54 Å². The molecular weight excluding hydrogens is 144 g/mol. The summed E-state index contributed by atoms with van der Waals surface area (Å²) < 4.78 is 0. The maximum absolute atomic E-state index is 10.8. The van der Waals surface area contributed by atoms with Crippen molar-refractivity contribution in [3.8, 4) is 0 Å². The molecular formula is C7H16N2O2. The largest absolute Gasteiger partial charge is 0.389 e. The molecule has 4 heteroatoms. The zero-order chi connectivity index (χ0) is 9.07. The van der Waals surface area contributed by atoms with Gasteiger partial charge in [0.05, 0.1) is 11.6 Å². The van der Waals surface area contributed by atoms with Crippen LogP contribution in [0.2, 0.25) is 0 Å². The van der Waals surface area contributed by atoms with Crippen LogP contribution in [0.1, 0.15) is 20.8 Å². The average molecular weight is 160 g/mol. The summed E-state index contributed by atoms with van der Waals surface area (Å²) in [6.45, 7) is 5.07. The number of carbonyl (C=O) groups is 1. The highest BCUT2D eigenvalue weighted by molar-refractivity contribution is 5.80. The molecule has 1 amide bonds. The minimum Gasteiger partial charge on any atom is -0.389 e. The van der Waals surface area contributed by atoms with Crippen LogP contribution < -0.4 is 11.1 Å². The molecule has 0 heterocycles. The third-order valence-electron chi connectivity index (χ3n) is 1.11. The third-order valence-corrected chi connectivity index (χ3v) is 1.11. The van der Waals surface area contributed by atoms with Gasteiger partial charge in [-0.15, -0.1) is 0 Å². The lowest BCUT2D eigenvalue weighted by molar-refractivity contribution is -0.123. The van der Waals surface area contributed by atoms with Gasteiger partial charge < -0.3 is 16.2 Å². The van der Waals surface area contributed by atoms with Gasteiger partial charge in [0.2, 0.25) is 5.91 Å². The Morgan fingerprint density at radius 1 is 1.73 bits per heavy atom. The highest BCUT2D eigenvalue weighted by Gasteiger charge is 2.15. The Morgan fingerprint density at radius 2 is 2.18 bits per heavy atom. The number of hydrogen-bond donors (Lipinski definition) is 3. The molecule has 4 nitrogen and oxygen atoms in total. The summed E-state index contributed by atoms with van der Waals surface area (Å²) in [6, 6.07) is -0.516. The van der Waals surface area contributed by atoms with Gasteiger partial charge in [0.15, 0.2) is 0 Å². The van der Waals surface area contributed by atoms with E-state index in [0.717, 1.165) is 0 Å². The number of nitrogens with one attached hydrogen (secondary N) is 1. The van der Waals surface area contributed by atoms with Gasteiger partial charge in [-0.05, 0) is 20.8 Å². The molecule has 0 radical (unpaired) electrons. The van der Waals surface area contributed by atoms with Crippen molar-refractivity contribution in [2.45, 2.75) is 32.4 Å². The van der Waals surface area contributed by atoms with Crippen molar-refractivity contribution in [1.82, 2.24) is 5.32 Å². The quantitative estimate of drug-likeness (QED) is 0.507. The molecule has 0 fully saturated rings. The lowest BCUT2D eigenvalue weighted by Crippen LogP contribution is -2.44. The van der Waals surface area contributed by atoms with Crippen molar-refractivity contribution >= 4 is 5.91 Å². The zero-order valence-electron chi connectivity index (χ0n) is 7.22. The number of rotatable bonds is 3. The van der Waals surface area contributed by atoms with E-state index in [2.05, 4.69) is 5.32 Å². The van der Waals surface area contributed by atoms with Crippen LogP contribution >= 0.6 is 0 Å². The Morgan fingerprint density at radius 3 is 2.45 bits per heavy atom. The average Bonchev–Trinajstić information content (AvgIpc) is 1.80. The molecule has 1 atom stereocenters. The van der Waals surface area contributed by atoms with E-state index in [-0.39, 0.29) is 12.5 Å². The van der Waals surface area contributed by atoms with Crippen LogP contribution in [0.25, 0.3) is 0 Å². The second-order valence-corrected chi connectivity index (χ2v) is 3.32. The smallest absolute Gasteiger partial charge is 0.236 e. The van der Waals surface area contributed by atoms with E-state index in [1.807, 2.05) is 0 Å². The highest BCUT2D eigenvalue weighted by Crippen LogP contribution is 1.96. The molecule has 4 N–H and O–H groups in total. The third kappa shape index (κ3) is 5.82. The van der Waals surface area contributed by atoms with Crippen molar-refractivity contribution < 1.29 is 9.90 Å². The number of carbonyl (C=O) groups excluding carboxylic acids is 1. The van der Waals surface area contributed by atoms with Gasteiger partial charge in [-0.1, -0.05) is 0 Å². The second kappa shape index (κ2) is 3.69. The van der Waals surface area contributed by atoms with Crippen LogP contribution in [0, 0.1) is 0 Å². The number of aliphatic hydroxyl groups is 1. The Hall–Kier alpha value is -0.610. The van der Waals surface area contributed by atoms with E-state index in [1.54, 1.807) is 20.8 Å². The Balaban J connectivity index is 3.64. The van der Waals surface area contributed by atoms with E-state index in [9.17, 15) is 9.90 Å². The van der Waals surface area contributed by atoms with E-state index < -0.39 is 11.6 Å². The van der Waals surface area contributed by atoms with Crippen LogP contribution in [0.4, 0.5) is 0 Å². The van der Waals surface area contributed by atoms with Crippen LogP contribution in [-0.2, 0) is 4.79 Å². The first kappa shape index (κ1) is 10.4. The summed E-state index contributed by atoms with van der Waals surface area (Å²) in [5.74, 6) is -0.243. The molecule has 0 aliphatic rings. The summed E-state index contributed by atoms with van der Waals surface area (Å²) in [7, 11) is 0. The molecule has 66 valence electrons. The molecule has 0 aliphatic carbocycles. The first-order chi connectivity index (χ1) is 4.83. The lowest BCUT2D eigenvalue weighted by Gasteiger charge is -2.18. The van der Waals surface area contributed by atoms with Crippen molar-refractivity contribution in [3.63, 3.8) is 0 Å². The van der Waals surface area contributed by atoms with E-state index in [4.69, 9.17) is 5.73 Å². The summed E-state index contributed by atoms with van der Waals surface area (Å²) in [5, 5.41) is 11.7. The Labute approximate surface area is 66.8 Å². The Bertz CT molecular complexity index is 138. The number of nitrogens with two attached hydrogens (primary N) is 1. The minimum atomic E-state index is -0.870. The molecule has 11 heavy (non-hydrogen) atoms. The first-order valence-corrected chi connectivity index (χ1v) is 3.58. The molecule has 0 aromatic carbocycles. The van der Waals surface area contributed by atoms with Crippen molar-refractivity contribution in [2.75, 3.05) is 6.54 Å². The van der Waals surface area contributed by atoms with E-state index in [1.165, 1.54) is 0 Å². The van der Waals surface area contributed by atoms with Gasteiger partial charge in [0.25, 0.3) is 0 Å². The monoisotopic (exact) mass is 160 g/mol. The molecule has 0 spiro atoms. The summed E-state index contributed by atoms with van der Waals surface area (Å²) in [5.41, 5.74) is 4.40. The summed E-state index contributed by atoms with van der Waals surface area (Å²) in [4.78, 5) is 10.8. The maximum atomic E-state index is 10.8. The van der Waals surface area contributed by atoms with Gasteiger partial charge in [-0.25, -0.2) is 0 Å². The standard InChI is InChI=1S/C7H16N2O2/c1-5(8)6(10)9-4-7(2,3)11/h5,11H,4,8H2,1-3H3,(H,9,10). The lowest BCUT2D eigenvalue weighted by atomic mass is 10.1. The van der Waals surface area contributed by atoms with Crippen molar-refractivity contribution in [1.29, 1.82) is 0 Å².